The van der Waals surface area contributed by atoms with Gasteiger partial charge in [0.1, 0.15) is 5.75 Å². The Kier molecular flexibility index (Phi) is 3.89. The summed E-state index contributed by atoms with van der Waals surface area (Å²) in [7, 11) is 1.66. The van der Waals surface area contributed by atoms with E-state index in [0.29, 0.717) is 18.5 Å². The number of benzene rings is 1. The molecule has 0 heterocycles. The van der Waals surface area contributed by atoms with Crippen LogP contribution in [-0.4, -0.2) is 19.1 Å². The van der Waals surface area contributed by atoms with Crippen LogP contribution in [0.25, 0.3) is 0 Å². The Labute approximate surface area is 109 Å². The number of nitrogens with zero attached hydrogens (tertiary/aromatic N) is 1. The van der Waals surface area contributed by atoms with Gasteiger partial charge in [0.05, 0.1) is 13.7 Å². The van der Waals surface area contributed by atoms with Gasteiger partial charge in [-0.2, -0.15) is 0 Å². The summed E-state index contributed by atoms with van der Waals surface area (Å²) in [6.45, 7) is 0.522. The first-order valence-corrected chi connectivity index (χ1v) is 6.37. The summed E-state index contributed by atoms with van der Waals surface area (Å²) in [6.07, 6.45) is 2.38. The fourth-order valence-corrected chi connectivity index (χ4v) is 1.93. The van der Waals surface area contributed by atoms with Crippen molar-refractivity contribution in [2.24, 2.45) is 10.7 Å². The number of aliphatic imine (C=N–C) groups is 1. The van der Waals surface area contributed by atoms with Crippen molar-refractivity contribution < 1.29 is 4.74 Å². The molecule has 2 rings (SSSR count). The topological polar surface area (TPSA) is 59.6 Å². The molecule has 0 unspecified atom stereocenters. The van der Waals surface area contributed by atoms with Gasteiger partial charge in [0.15, 0.2) is 5.96 Å². The molecular weight excluding hydrogens is 282 g/mol. The fourth-order valence-electron chi connectivity index (χ4n) is 1.52. The SMILES string of the molecule is COc1ccc(Br)cc1CN=C(N)NC1CC1. The molecule has 1 aliphatic carbocycles. The normalized spacial score (nSPS) is 15.8. The van der Waals surface area contributed by atoms with Crippen molar-refractivity contribution in [3.8, 4) is 5.75 Å². The van der Waals surface area contributed by atoms with Crippen LogP contribution < -0.4 is 15.8 Å². The zero-order valence-electron chi connectivity index (χ0n) is 9.74. The Morgan fingerprint density at radius 2 is 2.35 bits per heavy atom. The van der Waals surface area contributed by atoms with Gasteiger partial charge in [0.2, 0.25) is 0 Å². The molecule has 17 heavy (non-hydrogen) atoms. The lowest BCUT2D eigenvalue weighted by Crippen LogP contribution is -2.33. The zero-order chi connectivity index (χ0) is 12.3. The highest BCUT2D eigenvalue weighted by atomic mass is 79.9. The molecule has 1 aliphatic rings. The first-order valence-electron chi connectivity index (χ1n) is 5.58. The van der Waals surface area contributed by atoms with E-state index in [0.717, 1.165) is 15.8 Å². The van der Waals surface area contributed by atoms with Gasteiger partial charge in [-0.3, -0.25) is 0 Å². The maximum absolute atomic E-state index is 5.78. The van der Waals surface area contributed by atoms with E-state index in [1.807, 2.05) is 18.2 Å². The molecular formula is C12H16BrN3O. The van der Waals surface area contributed by atoms with Gasteiger partial charge >= 0.3 is 0 Å². The molecule has 0 aliphatic heterocycles. The van der Waals surface area contributed by atoms with Crippen LogP contribution in [0.5, 0.6) is 5.75 Å². The van der Waals surface area contributed by atoms with Gasteiger partial charge in [-0.25, -0.2) is 4.99 Å². The minimum absolute atomic E-state index is 0.509. The molecule has 4 nitrogen and oxygen atoms in total. The molecule has 92 valence electrons. The van der Waals surface area contributed by atoms with E-state index in [4.69, 9.17) is 10.5 Å². The van der Waals surface area contributed by atoms with E-state index in [9.17, 15) is 0 Å². The second-order valence-corrected chi connectivity index (χ2v) is 4.99. The predicted molar refractivity (Wildman–Crippen MR) is 72.2 cm³/mol. The standard InChI is InChI=1S/C12H16BrN3O/c1-17-11-5-2-9(13)6-8(11)7-15-12(14)16-10-3-4-10/h2,5-6,10H,3-4,7H2,1H3,(H3,14,15,16). The second-order valence-electron chi connectivity index (χ2n) is 4.08. The average Bonchev–Trinajstić information content (AvgIpc) is 3.10. The van der Waals surface area contributed by atoms with E-state index >= 15 is 0 Å². The lowest BCUT2D eigenvalue weighted by molar-refractivity contribution is 0.410. The maximum Gasteiger partial charge on any atom is 0.189 e. The number of ether oxygens (including phenoxy) is 1. The summed E-state index contributed by atoms with van der Waals surface area (Å²) in [4.78, 5) is 4.31. The molecule has 0 atom stereocenters. The number of hydrogen-bond acceptors (Lipinski definition) is 2. The van der Waals surface area contributed by atoms with Crippen molar-refractivity contribution in [3.05, 3.63) is 28.2 Å². The van der Waals surface area contributed by atoms with E-state index in [-0.39, 0.29) is 0 Å². The van der Waals surface area contributed by atoms with Gasteiger partial charge in [0, 0.05) is 16.1 Å². The highest BCUT2D eigenvalue weighted by Crippen LogP contribution is 2.23. The average molecular weight is 298 g/mol. The minimum Gasteiger partial charge on any atom is -0.496 e. The quantitative estimate of drug-likeness (QED) is 0.660. The van der Waals surface area contributed by atoms with Crippen LogP contribution in [0, 0.1) is 0 Å². The van der Waals surface area contributed by atoms with Gasteiger partial charge in [-0.1, -0.05) is 15.9 Å². The van der Waals surface area contributed by atoms with Crippen molar-refractivity contribution in [1.82, 2.24) is 5.32 Å². The van der Waals surface area contributed by atoms with Crippen LogP contribution in [0.1, 0.15) is 18.4 Å². The summed E-state index contributed by atoms with van der Waals surface area (Å²) in [6, 6.07) is 6.38. The van der Waals surface area contributed by atoms with Crippen molar-refractivity contribution in [3.63, 3.8) is 0 Å². The Balaban J connectivity index is 2.03. The predicted octanol–water partition coefficient (Wildman–Crippen LogP) is 2.02. The maximum atomic E-state index is 5.78. The monoisotopic (exact) mass is 297 g/mol. The first kappa shape index (κ1) is 12.2. The second kappa shape index (κ2) is 5.40. The van der Waals surface area contributed by atoms with Crippen molar-refractivity contribution in [2.75, 3.05) is 7.11 Å². The lowest BCUT2D eigenvalue weighted by atomic mass is 10.2. The Morgan fingerprint density at radius 1 is 1.59 bits per heavy atom. The molecule has 0 saturated heterocycles. The Bertz CT molecular complexity index is 430. The molecule has 1 aromatic rings. The number of nitrogens with one attached hydrogen (secondary N) is 1. The van der Waals surface area contributed by atoms with E-state index in [1.165, 1.54) is 12.8 Å². The number of nitrogens with two attached hydrogens (primary N) is 1. The fraction of sp³-hybridized carbons (Fsp3) is 0.417. The number of guanidine groups is 1. The van der Waals surface area contributed by atoms with E-state index in [2.05, 4.69) is 26.2 Å². The van der Waals surface area contributed by atoms with Gasteiger partial charge < -0.3 is 15.8 Å². The molecule has 0 bridgehead atoms. The largest absolute Gasteiger partial charge is 0.496 e. The molecule has 0 radical (unpaired) electrons. The number of hydrogen-bond donors (Lipinski definition) is 2. The van der Waals surface area contributed by atoms with Crippen LogP contribution in [0.15, 0.2) is 27.7 Å². The summed E-state index contributed by atoms with van der Waals surface area (Å²) >= 11 is 3.43. The van der Waals surface area contributed by atoms with Crippen molar-refractivity contribution in [1.29, 1.82) is 0 Å². The summed E-state index contributed by atoms with van der Waals surface area (Å²) in [5.74, 6) is 1.34. The minimum atomic E-state index is 0.509. The van der Waals surface area contributed by atoms with Gasteiger partial charge in [0.25, 0.3) is 0 Å². The van der Waals surface area contributed by atoms with Crippen LogP contribution in [-0.2, 0) is 6.54 Å². The van der Waals surface area contributed by atoms with E-state index < -0.39 is 0 Å². The first-order chi connectivity index (χ1) is 8.19. The Hall–Kier alpha value is -1.23. The summed E-state index contributed by atoms with van der Waals surface area (Å²) in [5, 5.41) is 3.15. The van der Waals surface area contributed by atoms with Crippen molar-refractivity contribution in [2.45, 2.75) is 25.4 Å². The van der Waals surface area contributed by atoms with Gasteiger partial charge in [-0.05, 0) is 31.0 Å². The molecule has 1 fully saturated rings. The number of halogens is 1. The highest BCUT2D eigenvalue weighted by Gasteiger charge is 2.21. The van der Waals surface area contributed by atoms with E-state index in [1.54, 1.807) is 7.11 Å². The van der Waals surface area contributed by atoms with Crippen LogP contribution >= 0.6 is 15.9 Å². The number of rotatable bonds is 4. The third-order valence-corrected chi connectivity index (χ3v) is 3.08. The highest BCUT2D eigenvalue weighted by molar-refractivity contribution is 9.10. The van der Waals surface area contributed by atoms with Crippen LogP contribution in [0.2, 0.25) is 0 Å². The Morgan fingerprint density at radius 3 is 3.00 bits per heavy atom. The van der Waals surface area contributed by atoms with Gasteiger partial charge in [-0.15, -0.1) is 0 Å². The smallest absolute Gasteiger partial charge is 0.189 e. The molecule has 0 aromatic heterocycles. The number of methoxy groups -OCH3 is 1. The lowest BCUT2D eigenvalue weighted by Gasteiger charge is -2.08. The van der Waals surface area contributed by atoms with Crippen LogP contribution in [0.3, 0.4) is 0 Å². The summed E-state index contributed by atoms with van der Waals surface area (Å²) < 4.78 is 6.29. The molecule has 0 amide bonds. The van der Waals surface area contributed by atoms with Crippen molar-refractivity contribution >= 4 is 21.9 Å². The third-order valence-electron chi connectivity index (χ3n) is 2.59. The van der Waals surface area contributed by atoms with Crippen LogP contribution in [0.4, 0.5) is 0 Å². The molecule has 5 heteroatoms. The molecule has 0 spiro atoms. The molecule has 1 saturated carbocycles. The summed E-state index contributed by atoms with van der Waals surface area (Å²) in [5.41, 5.74) is 6.79. The molecule has 1 aromatic carbocycles. The zero-order valence-corrected chi connectivity index (χ0v) is 11.3. The third kappa shape index (κ3) is 3.63. The molecule has 3 N–H and O–H groups in total.